The van der Waals surface area contributed by atoms with Gasteiger partial charge in [0.25, 0.3) is 0 Å². The van der Waals surface area contributed by atoms with Gasteiger partial charge in [-0.2, -0.15) is 0 Å². The molecule has 29 heavy (non-hydrogen) atoms. The van der Waals surface area contributed by atoms with Gasteiger partial charge < -0.3 is 0 Å². The lowest BCUT2D eigenvalue weighted by Gasteiger charge is -2.21. The van der Waals surface area contributed by atoms with Crippen LogP contribution >= 0.6 is 0 Å². The minimum absolute atomic E-state index is 0.208. The van der Waals surface area contributed by atoms with Crippen LogP contribution in [-0.2, 0) is 10.8 Å². The van der Waals surface area contributed by atoms with E-state index in [1.165, 1.54) is 41.5 Å². The molecular weight excluding hydrogens is 411 g/mol. The van der Waals surface area contributed by atoms with E-state index in [0.717, 1.165) is 0 Å². The summed E-state index contributed by atoms with van der Waals surface area (Å²) in [6, 6.07) is 0.208. The van der Waals surface area contributed by atoms with Crippen LogP contribution in [0.1, 0.15) is 52.7 Å². The van der Waals surface area contributed by atoms with Crippen LogP contribution in [0.15, 0.2) is 6.07 Å². The summed E-state index contributed by atoms with van der Waals surface area (Å²) in [5.74, 6) is -14.8. The Morgan fingerprint density at radius 3 is 0.931 bits per heavy atom. The second-order valence-electron chi connectivity index (χ2n) is 8.29. The van der Waals surface area contributed by atoms with Gasteiger partial charge in [-0.1, -0.05) is 41.5 Å². The van der Waals surface area contributed by atoms with Crippen molar-refractivity contribution in [3.8, 4) is 0 Å². The number of hydrogen-bond acceptors (Lipinski definition) is 0. The molecule has 0 nitrogen and oxygen atoms in total. The molecule has 2 rings (SSSR count). The molecule has 0 aliphatic rings. The van der Waals surface area contributed by atoms with Crippen molar-refractivity contribution in [2.24, 2.45) is 0 Å². The van der Waals surface area contributed by atoms with Crippen LogP contribution in [0.4, 0.5) is 39.5 Å². The van der Waals surface area contributed by atoms with Crippen LogP contribution in [-0.4, -0.2) is 0 Å². The zero-order valence-corrected chi connectivity index (χ0v) is 16.5. The molecule has 0 amide bonds. The van der Waals surface area contributed by atoms with Crippen LogP contribution in [0.3, 0.4) is 0 Å². The Morgan fingerprint density at radius 2 is 0.655 bits per heavy atom. The van der Waals surface area contributed by atoms with Gasteiger partial charge in [0.2, 0.25) is 5.82 Å². The minimum Gasteiger partial charge on any atom is -0.204 e. The number of rotatable bonds is 0. The first kappa shape index (κ1) is 24.8. The van der Waals surface area contributed by atoms with E-state index in [0.29, 0.717) is 0 Å². The molecule has 0 spiro atoms. The van der Waals surface area contributed by atoms with E-state index in [1.54, 1.807) is 0 Å². The average Bonchev–Trinajstić information content (AvgIpc) is 2.55. The van der Waals surface area contributed by atoms with E-state index >= 15 is 0 Å². The van der Waals surface area contributed by atoms with Gasteiger partial charge in [-0.05, 0) is 10.8 Å². The van der Waals surface area contributed by atoms with Gasteiger partial charge >= 0.3 is 0 Å². The molecule has 9 heteroatoms. The van der Waals surface area contributed by atoms with Crippen LogP contribution in [0.25, 0.3) is 0 Å². The quantitative estimate of drug-likeness (QED) is 0.235. The summed E-state index contributed by atoms with van der Waals surface area (Å²) in [6.45, 7) is 8.54. The highest BCUT2D eigenvalue weighted by Crippen LogP contribution is 2.32. The predicted molar refractivity (Wildman–Crippen MR) is 89.9 cm³/mol. The first-order valence-electron chi connectivity index (χ1n) is 8.28. The predicted octanol–water partition coefficient (Wildman–Crippen LogP) is 7.22. The minimum atomic E-state index is -2.13. The summed E-state index contributed by atoms with van der Waals surface area (Å²) < 4.78 is 116. The summed E-state index contributed by atoms with van der Waals surface area (Å²) in [5.41, 5.74) is -3.48. The number of halogens is 9. The standard InChI is InChI=1S/C10H9F5.C10H10F4/c1-10(2,3)4-5(11)7(13)9(15)8(14)6(4)12;1-10(2,3)7-8(13)5(11)4-6(12)9(7)14/h1-3H3;4H,1-3H3. The first-order chi connectivity index (χ1) is 12.9. The molecule has 0 fully saturated rings. The molecule has 0 radical (unpaired) electrons. The highest BCUT2D eigenvalue weighted by Gasteiger charge is 2.32. The average molecular weight is 430 g/mol. The molecule has 162 valence electrons. The van der Waals surface area contributed by atoms with Crippen molar-refractivity contribution >= 4 is 0 Å². The van der Waals surface area contributed by atoms with Crippen molar-refractivity contribution in [2.45, 2.75) is 52.4 Å². The molecule has 0 aliphatic heterocycles. The second kappa shape index (κ2) is 8.28. The second-order valence-corrected chi connectivity index (χ2v) is 8.29. The van der Waals surface area contributed by atoms with Gasteiger partial charge in [-0.25, -0.2) is 39.5 Å². The van der Waals surface area contributed by atoms with Crippen LogP contribution in [0.5, 0.6) is 0 Å². The highest BCUT2D eigenvalue weighted by atomic mass is 19.2. The van der Waals surface area contributed by atoms with Gasteiger partial charge in [0.05, 0.1) is 0 Å². The normalized spacial score (nSPS) is 12.0. The molecular formula is C20H19F9. The highest BCUT2D eigenvalue weighted by molar-refractivity contribution is 5.30. The topological polar surface area (TPSA) is 0 Å². The van der Waals surface area contributed by atoms with Crippen molar-refractivity contribution < 1.29 is 39.5 Å². The molecule has 0 saturated carbocycles. The fourth-order valence-electron chi connectivity index (χ4n) is 2.50. The SMILES string of the molecule is CC(C)(C)c1c(F)c(F)c(F)c(F)c1F.CC(C)(C)c1c(F)c(F)cc(F)c1F. The fourth-order valence-corrected chi connectivity index (χ4v) is 2.50. The molecule has 0 N–H and O–H groups in total. The Hall–Kier alpha value is -2.19. The maximum absolute atomic E-state index is 13.2. The Balaban J connectivity index is 0.000000291. The lowest BCUT2D eigenvalue weighted by atomic mass is 9.86. The Bertz CT molecular complexity index is 864. The zero-order valence-electron chi connectivity index (χ0n) is 16.5. The number of benzene rings is 2. The smallest absolute Gasteiger partial charge is 0.200 e. The molecule has 0 bridgehead atoms. The summed E-state index contributed by atoms with van der Waals surface area (Å²) >= 11 is 0. The van der Waals surface area contributed by atoms with E-state index in [2.05, 4.69) is 0 Å². The molecule has 0 atom stereocenters. The number of hydrogen-bond donors (Lipinski definition) is 0. The lowest BCUT2D eigenvalue weighted by molar-refractivity contribution is 0.353. The van der Waals surface area contributed by atoms with E-state index in [9.17, 15) is 39.5 Å². The first-order valence-corrected chi connectivity index (χ1v) is 8.28. The maximum Gasteiger partial charge on any atom is 0.200 e. The molecule has 0 unspecified atom stereocenters. The zero-order chi connectivity index (χ0) is 23.1. The largest absolute Gasteiger partial charge is 0.204 e. The van der Waals surface area contributed by atoms with Crippen molar-refractivity contribution in [2.75, 3.05) is 0 Å². The molecule has 2 aromatic rings. The Labute approximate surface area is 162 Å². The summed E-state index contributed by atoms with van der Waals surface area (Å²) in [5, 5.41) is 0. The third kappa shape index (κ3) is 5.05. The molecule has 2 aromatic carbocycles. The van der Waals surface area contributed by atoms with Crippen molar-refractivity contribution in [3.63, 3.8) is 0 Å². The van der Waals surface area contributed by atoms with Gasteiger partial charge in [0.15, 0.2) is 46.5 Å². The van der Waals surface area contributed by atoms with Gasteiger partial charge in [0.1, 0.15) is 0 Å². The summed E-state index contributed by atoms with van der Waals surface area (Å²) in [6.07, 6.45) is 0. The van der Waals surface area contributed by atoms with Crippen molar-refractivity contribution in [3.05, 3.63) is 69.5 Å². The maximum atomic E-state index is 13.2. The van der Waals surface area contributed by atoms with Crippen LogP contribution < -0.4 is 0 Å². The molecule has 0 aliphatic carbocycles. The van der Waals surface area contributed by atoms with Gasteiger partial charge in [0, 0.05) is 17.2 Å². The summed E-state index contributed by atoms with van der Waals surface area (Å²) in [4.78, 5) is 0. The lowest BCUT2D eigenvalue weighted by Crippen LogP contribution is -2.20. The molecule has 0 saturated heterocycles. The van der Waals surface area contributed by atoms with Gasteiger partial charge in [-0.3, -0.25) is 0 Å². The van der Waals surface area contributed by atoms with E-state index < -0.39 is 74.3 Å². The van der Waals surface area contributed by atoms with Gasteiger partial charge in [-0.15, -0.1) is 0 Å². The molecule has 0 heterocycles. The van der Waals surface area contributed by atoms with Crippen molar-refractivity contribution in [1.82, 2.24) is 0 Å². The molecule has 0 aromatic heterocycles. The third-order valence-corrected chi connectivity index (χ3v) is 3.82. The van der Waals surface area contributed by atoms with E-state index in [1.807, 2.05) is 0 Å². The summed E-state index contributed by atoms with van der Waals surface area (Å²) in [7, 11) is 0. The Morgan fingerprint density at radius 1 is 0.414 bits per heavy atom. The third-order valence-electron chi connectivity index (χ3n) is 3.82. The van der Waals surface area contributed by atoms with Crippen LogP contribution in [0.2, 0.25) is 0 Å². The monoisotopic (exact) mass is 430 g/mol. The van der Waals surface area contributed by atoms with E-state index in [4.69, 9.17) is 0 Å². The Kier molecular flexibility index (Phi) is 7.09. The van der Waals surface area contributed by atoms with Crippen molar-refractivity contribution in [1.29, 1.82) is 0 Å². The van der Waals surface area contributed by atoms with Crippen LogP contribution in [0, 0.1) is 52.4 Å². The van der Waals surface area contributed by atoms with E-state index in [-0.39, 0.29) is 6.07 Å². The fraction of sp³-hybridized carbons (Fsp3) is 0.400.